The molecule has 0 radical (unpaired) electrons. The van der Waals surface area contributed by atoms with Crippen molar-refractivity contribution in [3.8, 4) is 6.07 Å². The van der Waals surface area contributed by atoms with E-state index in [0.29, 0.717) is 6.07 Å². The maximum Gasteiger partial charge on any atom is 0.266 e. The predicted octanol–water partition coefficient (Wildman–Crippen LogP) is 2.47. The summed E-state index contributed by atoms with van der Waals surface area (Å²) in [5.74, 6) is 0. The fourth-order valence-corrected chi connectivity index (χ4v) is 2.07. The number of nitriles is 1. The molecule has 0 atom stereocenters. The summed E-state index contributed by atoms with van der Waals surface area (Å²) in [6.07, 6.45) is -3.01. The van der Waals surface area contributed by atoms with Crippen LogP contribution in [0.15, 0.2) is 11.0 Å². The molecule has 1 rings (SSSR count). The van der Waals surface area contributed by atoms with Gasteiger partial charge >= 0.3 is 0 Å². The van der Waals surface area contributed by atoms with Crippen LogP contribution >= 0.6 is 22.3 Å². The average molecular weight is 287 g/mol. The molecule has 9 heteroatoms. The molecule has 0 aliphatic rings. The summed E-state index contributed by atoms with van der Waals surface area (Å²) >= 11 is 5.35. The summed E-state index contributed by atoms with van der Waals surface area (Å²) in [5.41, 5.74) is -1.41. The van der Waals surface area contributed by atoms with Crippen LogP contribution in [0.5, 0.6) is 0 Å². The molecule has 4 nitrogen and oxygen atoms in total. The van der Waals surface area contributed by atoms with E-state index in [1.807, 2.05) is 0 Å². The number of rotatable bonds is 2. The van der Waals surface area contributed by atoms with E-state index in [-0.39, 0.29) is 0 Å². The molecule has 0 saturated carbocycles. The van der Waals surface area contributed by atoms with Gasteiger partial charge in [0.05, 0.1) is 5.56 Å². The first-order valence-corrected chi connectivity index (χ1v) is 6.29. The van der Waals surface area contributed by atoms with Crippen molar-refractivity contribution in [3.63, 3.8) is 0 Å². The Morgan fingerprint density at radius 2 is 2.06 bits per heavy atom. The lowest BCUT2D eigenvalue weighted by Gasteiger charge is -2.05. The highest BCUT2D eigenvalue weighted by Gasteiger charge is 2.23. The van der Waals surface area contributed by atoms with E-state index in [2.05, 4.69) is 4.98 Å². The zero-order valence-corrected chi connectivity index (χ0v) is 9.61. The monoisotopic (exact) mass is 286 g/mol. The van der Waals surface area contributed by atoms with E-state index >= 15 is 0 Å². The standard InChI is InChI=1S/C7H2Cl2F2N2O2S/c8-6-3(7(10)11)1-5(16(9,14)15)4(2-12)13-6/h1,7H. The van der Waals surface area contributed by atoms with Gasteiger partial charge in [-0.3, -0.25) is 0 Å². The van der Waals surface area contributed by atoms with Crippen LogP contribution in [0, 0.1) is 11.3 Å². The van der Waals surface area contributed by atoms with E-state index < -0.39 is 36.8 Å². The van der Waals surface area contributed by atoms with E-state index in [1.54, 1.807) is 0 Å². The lowest BCUT2D eigenvalue weighted by molar-refractivity contribution is 0.151. The Kier molecular flexibility index (Phi) is 3.68. The van der Waals surface area contributed by atoms with Crippen molar-refractivity contribution in [2.45, 2.75) is 11.3 Å². The Hall–Kier alpha value is -0.970. The molecule has 0 aliphatic carbocycles. The largest absolute Gasteiger partial charge is 0.266 e. The fourth-order valence-electron chi connectivity index (χ4n) is 0.906. The van der Waals surface area contributed by atoms with Gasteiger partial charge in [0.25, 0.3) is 15.5 Å². The van der Waals surface area contributed by atoms with Crippen molar-refractivity contribution >= 4 is 31.3 Å². The van der Waals surface area contributed by atoms with Gasteiger partial charge in [-0.25, -0.2) is 22.2 Å². The predicted molar refractivity (Wildman–Crippen MR) is 52.0 cm³/mol. The van der Waals surface area contributed by atoms with E-state index in [9.17, 15) is 17.2 Å². The number of nitrogens with zero attached hydrogens (tertiary/aromatic N) is 2. The zero-order chi connectivity index (χ0) is 12.5. The molecular formula is C7H2Cl2F2N2O2S. The SMILES string of the molecule is N#Cc1nc(Cl)c(C(F)F)cc1S(=O)(=O)Cl. The number of pyridine rings is 1. The van der Waals surface area contributed by atoms with Crippen molar-refractivity contribution in [1.29, 1.82) is 5.26 Å². The number of alkyl halides is 2. The first kappa shape index (κ1) is 13.1. The van der Waals surface area contributed by atoms with Crippen LogP contribution in [0.1, 0.15) is 17.7 Å². The van der Waals surface area contributed by atoms with Crippen molar-refractivity contribution in [1.82, 2.24) is 4.98 Å². The molecule has 1 heterocycles. The highest BCUT2D eigenvalue weighted by Crippen LogP contribution is 2.30. The van der Waals surface area contributed by atoms with Crippen molar-refractivity contribution in [3.05, 3.63) is 22.5 Å². The van der Waals surface area contributed by atoms with Crippen LogP contribution in [0.3, 0.4) is 0 Å². The lowest BCUT2D eigenvalue weighted by atomic mass is 10.2. The minimum absolute atomic E-state index is 0.543. The normalized spacial score (nSPS) is 11.5. The maximum atomic E-state index is 12.4. The van der Waals surface area contributed by atoms with Gasteiger partial charge in [-0.15, -0.1) is 0 Å². The summed E-state index contributed by atoms with van der Waals surface area (Å²) in [5, 5.41) is 7.92. The zero-order valence-electron chi connectivity index (χ0n) is 7.29. The van der Waals surface area contributed by atoms with Crippen LogP contribution in [0.4, 0.5) is 8.78 Å². The molecule has 0 aliphatic heterocycles. The van der Waals surface area contributed by atoms with Gasteiger partial charge in [0, 0.05) is 10.7 Å². The van der Waals surface area contributed by atoms with Crippen LogP contribution < -0.4 is 0 Å². The molecule has 16 heavy (non-hydrogen) atoms. The number of aromatic nitrogens is 1. The molecule has 0 fully saturated rings. The Balaban J connectivity index is 3.62. The van der Waals surface area contributed by atoms with Crippen LogP contribution in [-0.4, -0.2) is 13.4 Å². The lowest BCUT2D eigenvalue weighted by Crippen LogP contribution is -2.02. The first-order valence-electron chi connectivity index (χ1n) is 3.60. The van der Waals surface area contributed by atoms with Gasteiger partial charge < -0.3 is 0 Å². The van der Waals surface area contributed by atoms with Gasteiger partial charge in [0.2, 0.25) is 0 Å². The molecule has 0 spiro atoms. The summed E-state index contributed by atoms with van der Waals surface area (Å²) in [4.78, 5) is 2.46. The molecule has 86 valence electrons. The highest BCUT2D eigenvalue weighted by molar-refractivity contribution is 8.13. The van der Waals surface area contributed by atoms with Gasteiger partial charge in [-0.1, -0.05) is 11.6 Å². The van der Waals surface area contributed by atoms with Gasteiger partial charge in [-0.05, 0) is 6.07 Å². The Labute approximate surface area is 98.8 Å². The quantitative estimate of drug-likeness (QED) is 0.618. The second kappa shape index (κ2) is 4.49. The minimum atomic E-state index is -4.32. The van der Waals surface area contributed by atoms with E-state index in [4.69, 9.17) is 27.5 Å². The van der Waals surface area contributed by atoms with Gasteiger partial charge in [0.1, 0.15) is 16.1 Å². The van der Waals surface area contributed by atoms with Crippen LogP contribution in [-0.2, 0) is 9.05 Å². The van der Waals surface area contributed by atoms with Crippen LogP contribution in [0.25, 0.3) is 0 Å². The van der Waals surface area contributed by atoms with Crippen LogP contribution in [0.2, 0.25) is 5.15 Å². The third-order valence-corrected chi connectivity index (χ3v) is 3.21. The number of hydrogen-bond acceptors (Lipinski definition) is 4. The van der Waals surface area contributed by atoms with E-state index in [0.717, 1.165) is 0 Å². The molecule has 1 aromatic rings. The molecule has 0 saturated heterocycles. The fraction of sp³-hybridized carbons (Fsp3) is 0.143. The maximum absolute atomic E-state index is 12.4. The molecular weight excluding hydrogens is 285 g/mol. The number of hydrogen-bond donors (Lipinski definition) is 0. The summed E-state index contributed by atoms with van der Waals surface area (Å²) in [6, 6.07) is 1.95. The highest BCUT2D eigenvalue weighted by atomic mass is 35.7. The number of halogens is 4. The molecule has 0 amide bonds. The Morgan fingerprint density at radius 3 is 2.44 bits per heavy atom. The summed E-state index contributed by atoms with van der Waals surface area (Å²) in [6.45, 7) is 0. The smallest absolute Gasteiger partial charge is 0.223 e. The van der Waals surface area contributed by atoms with Crippen molar-refractivity contribution in [2.75, 3.05) is 0 Å². The third-order valence-electron chi connectivity index (χ3n) is 1.57. The summed E-state index contributed by atoms with van der Waals surface area (Å²) in [7, 11) is 0.641. The topological polar surface area (TPSA) is 70.8 Å². The second-order valence-corrected chi connectivity index (χ2v) is 5.46. The average Bonchev–Trinajstić information content (AvgIpc) is 2.14. The molecule has 0 N–H and O–H groups in total. The first-order chi connectivity index (χ1) is 7.27. The molecule has 1 aromatic heterocycles. The van der Waals surface area contributed by atoms with Gasteiger partial charge in [-0.2, -0.15) is 5.26 Å². The third kappa shape index (κ3) is 2.58. The second-order valence-electron chi connectivity index (χ2n) is 2.57. The summed E-state index contributed by atoms with van der Waals surface area (Å²) < 4.78 is 46.7. The van der Waals surface area contributed by atoms with Gasteiger partial charge in [0.15, 0.2) is 5.69 Å². The Bertz CT molecular complexity index is 568. The molecule has 0 aromatic carbocycles. The van der Waals surface area contributed by atoms with E-state index in [1.165, 1.54) is 6.07 Å². The van der Waals surface area contributed by atoms with Crippen molar-refractivity contribution < 1.29 is 17.2 Å². The minimum Gasteiger partial charge on any atom is -0.223 e. The molecule has 0 bridgehead atoms. The molecule has 0 unspecified atom stereocenters. The Morgan fingerprint density at radius 1 is 1.50 bits per heavy atom. The van der Waals surface area contributed by atoms with Crippen molar-refractivity contribution in [2.24, 2.45) is 0 Å².